The lowest BCUT2D eigenvalue weighted by Crippen LogP contribution is -2.57. The molecule has 1 heterocycles. The number of rotatable bonds is 4. The second kappa shape index (κ2) is 7.74. The third kappa shape index (κ3) is 3.57. The molecule has 0 spiro atoms. The molecule has 0 amide bonds. The van der Waals surface area contributed by atoms with E-state index in [0.717, 1.165) is 11.1 Å². The van der Waals surface area contributed by atoms with Crippen molar-refractivity contribution in [1.29, 1.82) is 0 Å². The van der Waals surface area contributed by atoms with Gasteiger partial charge in [-0.2, -0.15) is 0 Å². The van der Waals surface area contributed by atoms with Gasteiger partial charge in [-0.3, -0.25) is 0 Å². The highest BCUT2D eigenvalue weighted by molar-refractivity contribution is 6.30. The number of nitrogens with one attached hydrogen (secondary N) is 1. The second-order valence-corrected chi connectivity index (χ2v) is 8.16. The summed E-state index contributed by atoms with van der Waals surface area (Å²) in [7, 11) is 0. The van der Waals surface area contributed by atoms with Crippen molar-refractivity contribution in [3.05, 3.63) is 82.4 Å². The maximum Gasteiger partial charge on any atom is 0.0768 e. The quantitative estimate of drug-likeness (QED) is 0.632. The smallest absolute Gasteiger partial charge is 0.0768 e. The first-order valence-corrected chi connectivity index (χ1v) is 9.72. The van der Waals surface area contributed by atoms with Crippen molar-refractivity contribution in [2.75, 3.05) is 0 Å². The van der Waals surface area contributed by atoms with Crippen LogP contribution in [-0.4, -0.2) is 10.7 Å². The Morgan fingerprint density at radius 1 is 0.923 bits per heavy atom. The first-order chi connectivity index (χ1) is 12.4. The lowest BCUT2D eigenvalue weighted by molar-refractivity contribution is -0.108. The molecule has 2 aromatic rings. The molecule has 0 aliphatic carbocycles. The summed E-state index contributed by atoms with van der Waals surface area (Å²) in [5.41, 5.74) is 1.38. The summed E-state index contributed by atoms with van der Waals surface area (Å²) >= 11 is 12.1. The van der Waals surface area contributed by atoms with E-state index in [4.69, 9.17) is 23.2 Å². The van der Waals surface area contributed by atoms with Gasteiger partial charge < -0.3 is 10.4 Å². The fraction of sp³-hybridized carbons (Fsp3) is 0.364. The molecule has 2 nitrogen and oxygen atoms in total. The van der Waals surface area contributed by atoms with Crippen LogP contribution in [-0.2, 0) is 0 Å². The molecule has 1 aliphatic heterocycles. The van der Waals surface area contributed by atoms with Crippen LogP contribution in [0.3, 0.4) is 0 Å². The molecular formula is C22H25Cl2NO. The first-order valence-electron chi connectivity index (χ1n) is 8.97. The zero-order valence-electron chi connectivity index (χ0n) is 15.1. The SMILES string of the molecule is C=CCC1(O)[C@H](C)[C@@H](c2ccc(Cl)cc2)N[C@H](c2ccc(Cl)cc2)[C@@H]1C. The third-order valence-electron chi connectivity index (χ3n) is 5.87. The van der Waals surface area contributed by atoms with Gasteiger partial charge in [0.25, 0.3) is 0 Å². The lowest BCUT2D eigenvalue weighted by atomic mass is 9.65. The van der Waals surface area contributed by atoms with Gasteiger partial charge in [0.15, 0.2) is 0 Å². The van der Waals surface area contributed by atoms with Crippen LogP contribution in [0.25, 0.3) is 0 Å². The van der Waals surface area contributed by atoms with E-state index in [1.165, 1.54) is 0 Å². The predicted octanol–water partition coefficient (Wildman–Crippen LogP) is 5.96. The Hall–Kier alpha value is -1.32. The van der Waals surface area contributed by atoms with E-state index in [-0.39, 0.29) is 23.9 Å². The highest BCUT2D eigenvalue weighted by Gasteiger charge is 2.50. The maximum atomic E-state index is 11.6. The molecule has 2 aromatic carbocycles. The van der Waals surface area contributed by atoms with E-state index in [1.54, 1.807) is 0 Å². The molecule has 1 saturated heterocycles. The van der Waals surface area contributed by atoms with Crippen LogP contribution in [0.15, 0.2) is 61.2 Å². The summed E-state index contributed by atoms with van der Waals surface area (Å²) in [5, 5.41) is 16.8. The zero-order chi connectivity index (χ0) is 18.9. The number of benzene rings is 2. The van der Waals surface area contributed by atoms with Crippen LogP contribution in [0, 0.1) is 11.8 Å². The van der Waals surface area contributed by atoms with Crippen LogP contribution < -0.4 is 5.32 Å². The van der Waals surface area contributed by atoms with Crippen LogP contribution in [0.5, 0.6) is 0 Å². The van der Waals surface area contributed by atoms with Crippen LogP contribution >= 0.6 is 23.2 Å². The third-order valence-corrected chi connectivity index (χ3v) is 6.37. The van der Waals surface area contributed by atoms with Crippen LogP contribution in [0.2, 0.25) is 10.0 Å². The average Bonchev–Trinajstić information content (AvgIpc) is 2.63. The molecule has 5 atom stereocenters. The molecule has 0 aromatic heterocycles. The fourth-order valence-corrected chi connectivity index (χ4v) is 4.44. The topological polar surface area (TPSA) is 32.3 Å². The molecule has 1 aliphatic rings. The molecule has 2 N–H and O–H groups in total. The highest BCUT2D eigenvalue weighted by Crippen LogP contribution is 2.48. The molecule has 4 heteroatoms. The maximum absolute atomic E-state index is 11.6. The minimum absolute atomic E-state index is 0.00842. The highest BCUT2D eigenvalue weighted by atomic mass is 35.5. The minimum Gasteiger partial charge on any atom is -0.389 e. The second-order valence-electron chi connectivity index (χ2n) is 7.29. The van der Waals surface area contributed by atoms with Gasteiger partial charge >= 0.3 is 0 Å². The Balaban J connectivity index is 2.03. The van der Waals surface area contributed by atoms with E-state index in [9.17, 15) is 5.11 Å². The van der Waals surface area contributed by atoms with Gasteiger partial charge in [0.05, 0.1) is 5.60 Å². The molecule has 26 heavy (non-hydrogen) atoms. The summed E-state index contributed by atoms with van der Waals surface area (Å²) in [4.78, 5) is 0. The standard InChI is InChI=1S/C22H25Cl2NO/c1-4-13-22(26)14(2)20(16-5-9-18(23)10-6-16)25-21(15(22)3)17-7-11-19(24)12-8-17/h4-12,14-15,20-21,25-26H,1,13H2,2-3H3/t14-,15+,20-,21-,22?/m0/s1. The van der Waals surface area contributed by atoms with Gasteiger partial charge in [0.2, 0.25) is 0 Å². The average molecular weight is 390 g/mol. The van der Waals surface area contributed by atoms with E-state index < -0.39 is 5.60 Å². The lowest BCUT2D eigenvalue weighted by Gasteiger charge is -2.52. The predicted molar refractivity (Wildman–Crippen MR) is 110 cm³/mol. The van der Waals surface area contributed by atoms with Gasteiger partial charge in [-0.05, 0) is 41.8 Å². The van der Waals surface area contributed by atoms with Crippen molar-refractivity contribution in [2.45, 2.75) is 38.0 Å². The fourth-order valence-electron chi connectivity index (χ4n) is 4.19. The molecule has 0 saturated carbocycles. The molecule has 1 unspecified atom stereocenters. The zero-order valence-corrected chi connectivity index (χ0v) is 16.6. The number of halogens is 2. The number of aliphatic hydroxyl groups is 1. The number of hydrogen-bond donors (Lipinski definition) is 2. The minimum atomic E-state index is -0.860. The Morgan fingerprint density at radius 3 is 1.65 bits per heavy atom. The summed E-state index contributed by atoms with van der Waals surface area (Å²) in [6, 6.07) is 15.7. The van der Waals surface area contributed by atoms with Crippen molar-refractivity contribution in [3.8, 4) is 0 Å². The molecule has 0 radical (unpaired) electrons. The summed E-state index contributed by atoms with van der Waals surface area (Å²) in [5.74, 6) is 0.0282. The normalized spacial score (nSPS) is 31.6. The van der Waals surface area contributed by atoms with Crippen LogP contribution in [0.4, 0.5) is 0 Å². The summed E-state index contributed by atoms with van der Waals surface area (Å²) in [6.07, 6.45) is 2.36. The number of hydrogen-bond acceptors (Lipinski definition) is 2. The van der Waals surface area contributed by atoms with E-state index in [1.807, 2.05) is 54.6 Å². The van der Waals surface area contributed by atoms with Gasteiger partial charge in [0.1, 0.15) is 0 Å². The Morgan fingerprint density at radius 2 is 1.31 bits per heavy atom. The van der Waals surface area contributed by atoms with Crippen molar-refractivity contribution in [2.24, 2.45) is 11.8 Å². The largest absolute Gasteiger partial charge is 0.389 e. The summed E-state index contributed by atoms with van der Waals surface area (Å²) < 4.78 is 0. The Kier molecular flexibility index (Phi) is 5.78. The molecule has 0 bridgehead atoms. The van der Waals surface area contributed by atoms with E-state index in [0.29, 0.717) is 16.5 Å². The number of piperidine rings is 1. The summed E-state index contributed by atoms with van der Waals surface area (Å²) in [6.45, 7) is 8.08. The van der Waals surface area contributed by atoms with Gasteiger partial charge in [-0.25, -0.2) is 0 Å². The van der Waals surface area contributed by atoms with Crippen molar-refractivity contribution in [1.82, 2.24) is 5.32 Å². The Labute approximate surface area is 165 Å². The van der Waals surface area contributed by atoms with E-state index >= 15 is 0 Å². The molecule has 138 valence electrons. The molecule has 3 rings (SSSR count). The van der Waals surface area contributed by atoms with Crippen LogP contribution in [0.1, 0.15) is 43.5 Å². The van der Waals surface area contributed by atoms with Crippen molar-refractivity contribution in [3.63, 3.8) is 0 Å². The van der Waals surface area contributed by atoms with Gasteiger partial charge in [0, 0.05) is 34.0 Å². The van der Waals surface area contributed by atoms with Crippen molar-refractivity contribution >= 4 is 23.2 Å². The first kappa shape index (κ1) is 19.4. The van der Waals surface area contributed by atoms with Crippen molar-refractivity contribution < 1.29 is 5.11 Å². The molecule has 1 fully saturated rings. The monoisotopic (exact) mass is 389 g/mol. The van der Waals surface area contributed by atoms with Gasteiger partial charge in [-0.1, -0.05) is 67.4 Å². The van der Waals surface area contributed by atoms with Gasteiger partial charge in [-0.15, -0.1) is 6.58 Å². The Bertz CT molecular complexity index is 699. The molecular weight excluding hydrogens is 365 g/mol. The van der Waals surface area contributed by atoms with E-state index in [2.05, 4.69) is 25.7 Å².